The molecule has 0 bridgehead atoms. The first kappa shape index (κ1) is 11.1. The van der Waals surface area contributed by atoms with Crippen LogP contribution in [0.5, 0.6) is 0 Å². The molecule has 1 aromatic carbocycles. The van der Waals surface area contributed by atoms with Crippen LogP contribution in [0, 0.1) is 0 Å². The Bertz CT molecular complexity index is 587. The number of nitrogens with zero attached hydrogens (tertiary/aromatic N) is 1. The molecular weight excluding hydrogens is 218 g/mol. The fourth-order valence-electron chi connectivity index (χ4n) is 1.64. The Morgan fingerprint density at radius 1 is 1.12 bits per heavy atom. The topological polar surface area (TPSA) is 59.3 Å². The maximum Gasteiger partial charge on any atom is 0.323 e. The Morgan fingerprint density at radius 3 is 2.47 bits per heavy atom. The van der Waals surface area contributed by atoms with Crippen molar-refractivity contribution in [1.29, 1.82) is 0 Å². The van der Waals surface area contributed by atoms with Crippen molar-refractivity contribution in [3.63, 3.8) is 0 Å². The number of hydrogen-bond acceptors (Lipinski definition) is 2. The molecule has 0 saturated heterocycles. The van der Waals surface area contributed by atoms with Crippen LogP contribution in [-0.2, 0) is 11.3 Å². The van der Waals surface area contributed by atoms with Crippen molar-refractivity contribution < 1.29 is 9.90 Å². The maximum absolute atomic E-state index is 12.0. The first-order chi connectivity index (χ1) is 8.18. The lowest BCUT2D eigenvalue weighted by atomic mass is 10.1. The van der Waals surface area contributed by atoms with Crippen LogP contribution < -0.4 is 5.56 Å². The number of aromatic nitrogens is 1. The van der Waals surface area contributed by atoms with Crippen LogP contribution in [0.25, 0.3) is 11.1 Å². The average Bonchev–Trinajstić information content (AvgIpc) is 2.32. The van der Waals surface area contributed by atoms with Crippen LogP contribution in [0.15, 0.2) is 53.5 Å². The molecule has 2 aromatic rings. The number of hydrogen-bond donors (Lipinski definition) is 1. The largest absolute Gasteiger partial charge is 0.480 e. The summed E-state index contributed by atoms with van der Waals surface area (Å²) in [7, 11) is 0. The number of aliphatic carboxylic acids is 1. The summed E-state index contributed by atoms with van der Waals surface area (Å²) in [5, 5.41) is 8.69. The molecule has 1 N–H and O–H groups in total. The number of carbonyl (C=O) groups is 1. The van der Waals surface area contributed by atoms with Gasteiger partial charge in [0.1, 0.15) is 6.54 Å². The second kappa shape index (κ2) is 4.65. The second-order valence-corrected chi connectivity index (χ2v) is 3.61. The van der Waals surface area contributed by atoms with Crippen molar-refractivity contribution in [3.05, 3.63) is 59.0 Å². The fraction of sp³-hybridized carbons (Fsp3) is 0.0769. The molecule has 86 valence electrons. The molecule has 4 nitrogen and oxygen atoms in total. The van der Waals surface area contributed by atoms with Crippen molar-refractivity contribution >= 4 is 5.97 Å². The minimum absolute atomic E-state index is 0.291. The molecule has 4 heteroatoms. The Labute approximate surface area is 97.8 Å². The van der Waals surface area contributed by atoms with E-state index in [0.29, 0.717) is 5.56 Å². The van der Waals surface area contributed by atoms with Crippen molar-refractivity contribution in [2.45, 2.75) is 6.54 Å². The van der Waals surface area contributed by atoms with E-state index in [1.165, 1.54) is 10.8 Å². The van der Waals surface area contributed by atoms with Crippen LogP contribution in [0.1, 0.15) is 0 Å². The van der Waals surface area contributed by atoms with Crippen molar-refractivity contribution in [3.8, 4) is 11.1 Å². The highest BCUT2D eigenvalue weighted by Crippen LogP contribution is 2.13. The SMILES string of the molecule is O=C(O)Cn1cccc(-c2ccccc2)c1=O. The summed E-state index contributed by atoms with van der Waals surface area (Å²) in [6.45, 7) is -0.320. The minimum atomic E-state index is -1.03. The van der Waals surface area contributed by atoms with E-state index in [1.54, 1.807) is 12.1 Å². The normalized spacial score (nSPS) is 10.1. The van der Waals surface area contributed by atoms with Gasteiger partial charge in [-0.2, -0.15) is 0 Å². The van der Waals surface area contributed by atoms with Gasteiger partial charge in [-0.1, -0.05) is 30.3 Å². The van der Waals surface area contributed by atoms with Crippen molar-refractivity contribution in [1.82, 2.24) is 4.57 Å². The standard InChI is InChI=1S/C13H11NO3/c15-12(16)9-14-8-4-7-11(13(14)17)10-5-2-1-3-6-10/h1-8H,9H2,(H,15,16). The van der Waals surface area contributed by atoms with Crippen LogP contribution in [0.2, 0.25) is 0 Å². The molecule has 0 aliphatic heterocycles. The summed E-state index contributed by atoms with van der Waals surface area (Å²) in [5.41, 5.74) is 1.01. The summed E-state index contributed by atoms with van der Waals surface area (Å²) >= 11 is 0. The molecule has 0 fully saturated rings. The zero-order chi connectivity index (χ0) is 12.3. The lowest BCUT2D eigenvalue weighted by Crippen LogP contribution is -2.24. The summed E-state index contributed by atoms with van der Waals surface area (Å²) < 4.78 is 1.19. The fourth-order valence-corrected chi connectivity index (χ4v) is 1.64. The van der Waals surface area contributed by atoms with E-state index in [2.05, 4.69) is 0 Å². The summed E-state index contributed by atoms with van der Waals surface area (Å²) in [5.74, 6) is -1.03. The number of carboxylic acid groups (broad SMARTS) is 1. The monoisotopic (exact) mass is 229 g/mol. The number of carboxylic acids is 1. The molecule has 2 rings (SSSR count). The molecule has 0 aliphatic rings. The van der Waals surface area contributed by atoms with E-state index in [1.807, 2.05) is 30.3 Å². The predicted molar refractivity (Wildman–Crippen MR) is 63.8 cm³/mol. The van der Waals surface area contributed by atoms with Crippen LogP contribution in [0.4, 0.5) is 0 Å². The molecule has 1 heterocycles. The third-order valence-electron chi connectivity index (χ3n) is 2.41. The highest BCUT2D eigenvalue weighted by Gasteiger charge is 2.07. The van der Waals surface area contributed by atoms with Gasteiger partial charge in [0.05, 0.1) is 0 Å². The number of pyridine rings is 1. The lowest BCUT2D eigenvalue weighted by molar-refractivity contribution is -0.137. The van der Waals surface area contributed by atoms with Gasteiger partial charge in [-0.05, 0) is 17.7 Å². The van der Waals surface area contributed by atoms with Crippen LogP contribution >= 0.6 is 0 Å². The molecule has 0 aliphatic carbocycles. The van der Waals surface area contributed by atoms with Gasteiger partial charge in [0, 0.05) is 11.8 Å². The third kappa shape index (κ3) is 2.42. The zero-order valence-corrected chi connectivity index (χ0v) is 9.04. The van der Waals surface area contributed by atoms with Crippen LogP contribution in [0.3, 0.4) is 0 Å². The van der Waals surface area contributed by atoms with E-state index in [-0.39, 0.29) is 12.1 Å². The molecule has 0 atom stereocenters. The highest BCUT2D eigenvalue weighted by atomic mass is 16.4. The van der Waals surface area contributed by atoms with Crippen molar-refractivity contribution in [2.24, 2.45) is 0 Å². The number of rotatable bonds is 3. The Hall–Kier alpha value is -2.36. The molecule has 0 radical (unpaired) electrons. The lowest BCUT2D eigenvalue weighted by Gasteiger charge is -2.05. The number of benzene rings is 1. The first-order valence-corrected chi connectivity index (χ1v) is 5.15. The summed E-state index contributed by atoms with van der Waals surface area (Å²) in [6, 6.07) is 12.5. The molecule has 0 saturated carbocycles. The Kier molecular flexibility index (Phi) is 3.05. The third-order valence-corrected chi connectivity index (χ3v) is 2.41. The molecule has 17 heavy (non-hydrogen) atoms. The van der Waals surface area contributed by atoms with Gasteiger partial charge in [0.25, 0.3) is 5.56 Å². The van der Waals surface area contributed by atoms with E-state index >= 15 is 0 Å². The van der Waals surface area contributed by atoms with Gasteiger partial charge in [0.15, 0.2) is 0 Å². The smallest absolute Gasteiger partial charge is 0.323 e. The van der Waals surface area contributed by atoms with Crippen molar-refractivity contribution in [2.75, 3.05) is 0 Å². The van der Waals surface area contributed by atoms with E-state index in [9.17, 15) is 9.59 Å². The zero-order valence-electron chi connectivity index (χ0n) is 9.04. The second-order valence-electron chi connectivity index (χ2n) is 3.61. The van der Waals surface area contributed by atoms with Gasteiger partial charge in [-0.25, -0.2) is 0 Å². The predicted octanol–water partition coefficient (Wildman–Crippen LogP) is 1.60. The summed E-state index contributed by atoms with van der Waals surface area (Å²) in [6.07, 6.45) is 1.48. The molecule has 0 amide bonds. The van der Waals surface area contributed by atoms with E-state index in [4.69, 9.17) is 5.11 Å². The van der Waals surface area contributed by atoms with Gasteiger partial charge in [-0.15, -0.1) is 0 Å². The minimum Gasteiger partial charge on any atom is -0.480 e. The van der Waals surface area contributed by atoms with E-state index < -0.39 is 5.97 Å². The Balaban J connectivity index is 2.50. The van der Waals surface area contributed by atoms with E-state index in [0.717, 1.165) is 5.56 Å². The summed E-state index contributed by atoms with van der Waals surface area (Å²) in [4.78, 5) is 22.6. The quantitative estimate of drug-likeness (QED) is 0.869. The van der Waals surface area contributed by atoms with Gasteiger partial charge < -0.3 is 9.67 Å². The molecule has 0 unspecified atom stereocenters. The highest BCUT2D eigenvalue weighted by molar-refractivity contribution is 5.67. The van der Waals surface area contributed by atoms with Crippen LogP contribution in [-0.4, -0.2) is 15.6 Å². The van der Waals surface area contributed by atoms with Gasteiger partial charge in [0.2, 0.25) is 0 Å². The maximum atomic E-state index is 12.0. The first-order valence-electron chi connectivity index (χ1n) is 5.15. The molecular formula is C13H11NO3. The average molecular weight is 229 g/mol. The van der Waals surface area contributed by atoms with Gasteiger partial charge >= 0.3 is 5.97 Å². The molecule has 1 aromatic heterocycles. The van der Waals surface area contributed by atoms with Gasteiger partial charge in [-0.3, -0.25) is 9.59 Å². The Morgan fingerprint density at radius 2 is 1.82 bits per heavy atom. The molecule has 0 spiro atoms.